The van der Waals surface area contributed by atoms with Crippen LogP contribution in [0.2, 0.25) is 0 Å². The van der Waals surface area contributed by atoms with Crippen molar-refractivity contribution in [3.05, 3.63) is 35.9 Å². The van der Waals surface area contributed by atoms with E-state index in [1.54, 1.807) is 65.0 Å². The van der Waals surface area contributed by atoms with Crippen molar-refractivity contribution in [3.63, 3.8) is 0 Å². The van der Waals surface area contributed by atoms with Crippen LogP contribution in [0.4, 0.5) is 0 Å². The highest BCUT2D eigenvalue weighted by atomic mass is 16.6. The van der Waals surface area contributed by atoms with Crippen molar-refractivity contribution in [2.24, 2.45) is 22.7 Å². The van der Waals surface area contributed by atoms with E-state index in [4.69, 9.17) is 28.4 Å². The van der Waals surface area contributed by atoms with Gasteiger partial charge in [0, 0.05) is 20.8 Å². The molecule has 0 N–H and O–H groups in total. The number of fused-ring (bicyclic) bond motifs is 1. The highest BCUT2D eigenvalue weighted by Gasteiger charge is 2.84. The summed E-state index contributed by atoms with van der Waals surface area (Å²) in [4.78, 5) is 65.3. The third-order valence-electron chi connectivity index (χ3n) is 9.25. The number of carbonyl (C=O) groups excluding carboxylic acids is 5. The molecule has 1 aromatic carbocycles. The van der Waals surface area contributed by atoms with Gasteiger partial charge < -0.3 is 28.4 Å². The fourth-order valence-electron chi connectivity index (χ4n) is 7.55. The third-order valence-corrected chi connectivity index (χ3v) is 9.25. The number of ether oxygens (including phenoxy) is 6. The summed E-state index contributed by atoms with van der Waals surface area (Å²) in [7, 11) is 0. The van der Waals surface area contributed by atoms with Crippen LogP contribution in [0.3, 0.4) is 0 Å². The van der Waals surface area contributed by atoms with Crippen LogP contribution in [0.15, 0.2) is 30.3 Å². The highest BCUT2D eigenvalue weighted by molar-refractivity contribution is 5.89. The van der Waals surface area contributed by atoms with Gasteiger partial charge in [0.1, 0.15) is 35.9 Å². The standard InChI is InChI=1S/C33H44O11/c1-18-15-16-23(40-20(3)35)32(17-39-19(2)34)27(43-28(37)22-13-11-10-12-14-22)25(42-29(38)30(5,6)7)24-26(41-21(4)36)33(18,32)44-31(24,8)9/h10-14,18,23-27H,15-17H2,1-9H3/t18-,23+,24-,25-,26-,27-,32+,33-/m1/s1. The Morgan fingerprint density at radius 3 is 2.00 bits per heavy atom. The molecule has 1 saturated heterocycles. The first kappa shape index (κ1) is 33.4. The minimum Gasteiger partial charge on any atom is -0.465 e. The number of carbonyl (C=O) groups is 5. The first-order valence-electron chi connectivity index (χ1n) is 15.0. The Morgan fingerprint density at radius 2 is 1.45 bits per heavy atom. The summed E-state index contributed by atoms with van der Waals surface area (Å²) in [6.45, 7) is 13.9. The molecule has 1 heterocycles. The Hall–Kier alpha value is -3.47. The zero-order chi connectivity index (χ0) is 32.8. The minimum atomic E-state index is -1.67. The smallest absolute Gasteiger partial charge is 0.338 e. The van der Waals surface area contributed by atoms with Gasteiger partial charge in [0.25, 0.3) is 0 Å². The van der Waals surface area contributed by atoms with Gasteiger partial charge in [-0.05, 0) is 65.5 Å². The van der Waals surface area contributed by atoms with E-state index in [0.29, 0.717) is 6.42 Å². The summed E-state index contributed by atoms with van der Waals surface area (Å²) in [5.41, 5.74) is -5.02. The van der Waals surface area contributed by atoms with Gasteiger partial charge in [0.05, 0.1) is 22.5 Å². The summed E-state index contributed by atoms with van der Waals surface area (Å²) in [6.07, 6.45) is -3.96. The van der Waals surface area contributed by atoms with Crippen molar-refractivity contribution in [2.45, 2.75) is 111 Å². The zero-order valence-electron chi connectivity index (χ0n) is 27.0. The zero-order valence-corrected chi connectivity index (χ0v) is 27.0. The monoisotopic (exact) mass is 616 g/mol. The Morgan fingerprint density at radius 1 is 0.841 bits per heavy atom. The van der Waals surface area contributed by atoms with Crippen molar-refractivity contribution in [2.75, 3.05) is 6.61 Å². The Kier molecular flexibility index (Phi) is 8.96. The molecule has 0 radical (unpaired) electrons. The van der Waals surface area contributed by atoms with Gasteiger partial charge in [-0.15, -0.1) is 0 Å². The van der Waals surface area contributed by atoms with E-state index in [1.165, 1.54) is 20.8 Å². The maximum Gasteiger partial charge on any atom is 0.338 e. The van der Waals surface area contributed by atoms with Crippen LogP contribution >= 0.6 is 0 Å². The van der Waals surface area contributed by atoms with E-state index in [9.17, 15) is 24.0 Å². The molecular weight excluding hydrogens is 572 g/mol. The molecule has 1 spiro atoms. The molecule has 8 atom stereocenters. The number of hydrogen-bond acceptors (Lipinski definition) is 11. The molecule has 2 aliphatic carbocycles. The predicted molar refractivity (Wildman–Crippen MR) is 155 cm³/mol. The first-order chi connectivity index (χ1) is 20.4. The van der Waals surface area contributed by atoms with E-state index in [0.717, 1.165) is 0 Å². The van der Waals surface area contributed by atoms with Crippen LogP contribution < -0.4 is 0 Å². The van der Waals surface area contributed by atoms with Gasteiger partial charge in [-0.1, -0.05) is 25.1 Å². The Bertz CT molecular complexity index is 1300. The molecule has 2 saturated carbocycles. The fourth-order valence-corrected chi connectivity index (χ4v) is 7.55. The second-order valence-electron chi connectivity index (χ2n) is 13.8. The van der Waals surface area contributed by atoms with E-state index >= 15 is 0 Å². The molecule has 242 valence electrons. The van der Waals surface area contributed by atoms with Crippen LogP contribution in [0.1, 0.15) is 85.5 Å². The summed E-state index contributed by atoms with van der Waals surface area (Å²) < 4.78 is 37.4. The molecule has 1 aromatic rings. The summed E-state index contributed by atoms with van der Waals surface area (Å²) >= 11 is 0. The molecule has 3 aliphatic rings. The average molecular weight is 617 g/mol. The molecule has 2 bridgehead atoms. The van der Waals surface area contributed by atoms with Crippen LogP contribution in [0.25, 0.3) is 0 Å². The summed E-state index contributed by atoms with van der Waals surface area (Å²) in [6, 6.07) is 8.28. The van der Waals surface area contributed by atoms with Crippen LogP contribution in [0, 0.1) is 22.7 Å². The fraction of sp³-hybridized carbons (Fsp3) is 0.667. The lowest BCUT2D eigenvalue weighted by atomic mass is 9.47. The molecule has 0 unspecified atom stereocenters. The average Bonchev–Trinajstić information content (AvgIpc) is 3.10. The molecule has 0 aromatic heterocycles. The van der Waals surface area contributed by atoms with Crippen LogP contribution in [-0.4, -0.2) is 72.1 Å². The van der Waals surface area contributed by atoms with Crippen molar-refractivity contribution >= 4 is 29.8 Å². The van der Waals surface area contributed by atoms with E-state index in [-0.39, 0.29) is 17.9 Å². The predicted octanol–water partition coefficient (Wildman–Crippen LogP) is 4.19. The van der Waals surface area contributed by atoms with Crippen molar-refractivity contribution in [1.29, 1.82) is 0 Å². The Labute approximate surface area is 258 Å². The molecule has 44 heavy (non-hydrogen) atoms. The van der Waals surface area contributed by atoms with E-state index < -0.39 is 88.8 Å². The molecule has 1 aliphatic heterocycles. The lowest BCUT2D eigenvalue weighted by Gasteiger charge is -2.63. The van der Waals surface area contributed by atoms with Crippen molar-refractivity contribution < 1.29 is 52.4 Å². The van der Waals surface area contributed by atoms with E-state index in [2.05, 4.69) is 0 Å². The second-order valence-corrected chi connectivity index (χ2v) is 13.8. The lowest BCUT2D eigenvalue weighted by Crippen LogP contribution is -2.79. The maximum atomic E-state index is 13.9. The van der Waals surface area contributed by atoms with Crippen molar-refractivity contribution in [1.82, 2.24) is 0 Å². The number of hydrogen-bond donors (Lipinski definition) is 0. The topological polar surface area (TPSA) is 141 Å². The minimum absolute atomic E-state index is 0.229. The van der Waals surface area contributed by atoms with Gasteiger partial charge >= 0.3 is 29.8 Å². The second kappa shape index (κ2) is 11.8. The molecule has 11 nitrogen and oxygen atoms in total. The summed E-state index contributed by atoms with van der Waals surface area (Å²) in [5.74, 6) is -4.41. The van der Waals surface area contributed by atoms with Crippen molar-refractivity contribution in [3.8, 4) is 0 Å². The molecule has 11 heteroatoms. The number of benzene rings is 1. The first-order valence-corrected chi connectivity index (χ1v) is 15.0. The van der Waals surface area contributed by atoms with Gasteiger partial charge in [-0.3, -0.25) is 19.2 Å². The quantitative estimate of drug-likeness (QED) is 0.322. The molecule has 3 fully saturated rings. The van der Waals surface area contributed by atoms with Crippen LogP contribution in [0.5, 0.6) is 0 Å². The normalized spacial score (nSPS) is 33.8. The maximum absolute atomic E-state index is 13.9. The van der Waals surface area contributed by atoms with Crippen LogP contribution in [-0.2, 0) is 47.6 Å². The summed E-state index contributed by atoms with van der Waals surface area (Å²) in [5, 5.41) is 0. The molecular formula is C33H44O11. The van der Waals surface area contributed by atoms with Gasteiger partial charge in [0.15, 0.2) is 6.10 Å². The van der Waals surface area contributed by atoms with E-state index in [1.807, 2.05) is 6.92 Å². The highest BCUT2D eigenvalue weighted by Crippen LogP contribution is 2.68. The third kappa shape index (κ3) is 5.59. The molecule has 4 rings (SSSR count). The molecule has 0 amide bonds. The number of esters is 5. The number of rotatable bonds is 7. The van der Waals surface area contributed by atoms with Gasteiger partial charge in [-0.2, -0.15) is 0 Å². The van der Waals surface area contributed by atoms with Gasteiger partial charge in [-0.25, -0.2) is 4.79 Å². The van der Waals surface area contributed by atoms with Gasteiger partial charge in [0.2, 0.25) is 0 Å². The largest absolute Gasteiger partial charge is 0.465 e. The lowest BCUT2D eigenvalue weighted by molar-refractivity contribution is -0.314. The SMILES string of the molecule is CC(=O)OC[C@@]12[C@@H](OC(C)=O)CC[C@@H](C)[C@]13OC(C)(C)[C@H]([C@@H](OC(=O)C(C)(C)C)[C@H]2OC(=O)c1ccccc1)[C@H]3OC(C)=O. The Balaban J connectivity index is 2.08.